The molecule has 5 nitrogen and oxygen atoms in total. The molecule has 0 aliphatic rings. The lowest BCUT2D eigenvalue weighted by atomic mass is 9.84. The minimum Gasteiger partial charge on any atom is -0.301 e. The molecule has 1 heterocycles. The summed E-state index contributed by atoms with van der Waals surface area (Å²) in [6.07, 6.45) is 1.73. The number of halogens is 1. The van der Waals surface area contributed by atoms with Gasteiger partial charge in [-0.05, 0) is 23.7 Å². The van der Waals surface area contributed by atoms with Gasteiger partial charge in [0.05, 0.1) is 0 Å². The summed E-state index contributed by atoms with van der Waals surface area (Å²) in [5, 5.41) is 7.70. The fourth-order valence-electron chi connectivity index (χ4n) is 2.63. The van der Waals surface area contributed by atoms with Gasteiger partial charge in [0.2, 0.25) is 0 Å². The fourth-order valence-corrected chi connectivity index (χ4v) is 3.55. The van der Waals surface area contributed by atoms with Gasteiger partial charge in [0.25, 0.3) is 14.2 Å². The molecule has 1 aromatic rings. The highest BCUT2D eigenvalue weighted by Crippen LogP contribution is 2.27. The maximum atomic E-state index is 11.6. The molecule has 0 saturated carbocycles. The molecule has 0 saturated heterocycles. The molecule has 0 aromatic carbocycles. The molecule has 1 rings (SSSR count). The highest BCUT2D eigenvalue weighted by molar-refractivity contribution is 8.13. The Hall–Kier alpha value is -0.620. The third-order valence-electron chi connectivity index (χ3n) is 3.05. The molecule has 7 heteroatoms. The average Bonchev–Trinajstić information content (AvgIpc) is 2.56. The first-order valence-electron chi connectivity index (χ1n) is 7.27. The van der Waals surface area contributed by atoms with Crippen molar-refractivity contribution in [1.29, 1.82) is 0 Å². The molecule has 0 radical (unpaired) electrons. The van der Waals surface area contributed by atoms with Crippen molar-refractivity contribution in [3.05, 3.63) is 5.82 Å². The Balaban J connectivity index is 3.05. The summed E-state index contributed by atoms with van der Waals surface area (Å²) in [4.78, 5) is 0. The summed E-state index contributed by atoms with van der Waals surface area (Å²) in [5.74, 6) is 1.38. The maximum Gasteiger partial charge on any atom is 0.296 e. The van der Waals surface area contributed by atoms with Crippen LogP contribution in [0.2, 0.25) is 0 Å². The van der Waals surface area contributed by atoms with E-state index in [0.717, 1.165) is 6.42 Å². The zero-order valence-corrected chi connectivity index (χ0v) is 15.3. The number of hydrogen-bond acceptors (Lipinski definition) is 4. The lowest BCUT2D eigenvalue weighted by molar-refractivity contribution is 0.300. The van der Waals surface area contributed by atoms with Gasteiger partial charge in [0.15, 0.2) is 0 Å². The van der Waals surface area contributed by atoms with E-state index in [9.17, 15) is 8.42 Å². The van der Waals surface area contributed by atoms with E-state index in [0.29, 0.717) is 24.7 Å². The summed E-state index contributed by atoms with van der Waals surface area (Å²) in [6.45, 7) is 13.3. The molecule has 0 aliphatic heterocycles. The van der Waals surface area contributed by atoms with E-state index < -0.39 is 9.05 Å². The smallest absolute Gasteiger partial charge is 0.296 e. The van der Waals surface area contributed by atoms with E-state index in [1.165, 1.54) is 0 Å². The first-order valence-corrected chi connectivity index (χ1v) is 9.58. The topological polar surface area (TPSA) is 64.8 Å². The van der Waals surface area contributed by atoms with Crippen molar-refractivity contribution in [3.63, 3.8) is 0 Å². The molecular weight excluding hydrogens is 310 g/mol. The molecule has 0 amide bonds. The molecule has 1 unspecified atom stereocenters. The largest absolute Gasteiger partial charge is 0.301 e. The number of hydrogen-bond donors (Lipinski definition) is 0. The van der Waals surface area contributed by atoms with Crippen molar-refractivity contribution < 1.29 is 8.42 Å². The van der Waals surface area contributed by atoms with Gasteiger partial charge in [0.1, 0.15) is 5.82 Å². The van der Waals surface area contributed by atoms with E-state index >= 15 is 0 Å². The van der Waals surface area contributed by atoms with Crippen molar-refractivity contribution in [2.75, 3.05) is 0 Å². The summed E-state index contributed by atoms with van der Waals surface area (Å²) < 4.78 is 24.9. The molecule has 0 spiro atoms. The Morgan fingerprint density at radius 1 is 1.19 bits per heavy atom. The minimum absolute atomic E-state index is 0.143. The SMILES string of the molecule is CC(C)Cn1c(CC(C)CC(C)(C)C)nnc1S(=O)(=O)Cl. The van der Waals surface area contributed by atoms with Crippen LogP contribution in [-0.4, -0.2) is 23.2 Å². The third-order valence-corrected chi connectivity index (χ3v) is 4.20. The number of rotatable bonds is 6. The number of nitrogens with zero attached hydrogens (tertiary/aromatic N) is 3. The van der Waals surface area contributed by atoms with Crippen LogP contribution in [0.3, 0.4) is 0 Å². The van der Waals surface area contributed by atoms with Crippen LogP contribution in [0.5, 0.6) is 0 Å². The van der Waals surface area contributed by atoms with Crippen LogP contribution in [0, 0.1) is 17.3 Å². The van der Waals surface area contributed by atoms with Crippen molar-refractivity contribution in [1.82, 2.24) is 14.8 Å². The first kappa shape index (κ1) is 18.4. The Morgan fingerprint density at radius 3 is 2.19 bits per heavy atom. The van der Waals surface area contributed by atoms with Crippen molar-refractivity contribution in [2.24, 2.45) is 17.3 Å². The van der Waals surface area contributed by atoms with Crippen LogP contribution in [0.15, 0.2) is 5.16 Å². The van der Waals surface area contributed by atoms with Crippen LogP contribution in [0.4, 0.5) is 0 Å². The van der Waals surface area contributed by atoms with Crippen molar-refractivity contribution in [3.8, 4) is 0 Å². The minimum atomic E-state index is -3.87. The molecule has 0 bridgehead atoms. The fraction of sp³-hybridized carbons (Fsp3) is 0.857. The zero-order chi connectivity index (χ0) is 16.4. The second-order valence-electron chi connectivity index (χ2n) is 7.42. The van der Waals surface area contributed by atoms with E-state index in [4.69, 9.17) is 10.7 Å². The molecular formula is C14H26ClN3O2S. The highest BCUT2D eigenvalue weighted by atomic mass is 35.7. The van der Waals surface area contributed by atoms with Crippen molar-refractivity contribution in [2.45, 2.75) is 66.1 Å². The Morgan fingerprint density at radius 2 is 1.76 bits per heavy atom. The quantitative estimate of drug-likeness (QED) is 0.746. The highest BCUT2D eigenvalue weighted by Gasteiger charge is 2.25. The van der Waals surface area contributed by atoms with E-state index in [2.05, 4.69) is 37.9 Å². The average molecular weight is 336 g/mol. The molecule has 122 valence electrons. The molecule has 0 aliphatic carbocycles. The molecule has 1 aromatic heterocycles. The molecule has 21 heavy (non-hydrogen) atoms. The lowest BCUT2D eigenvalue weighted by Crippen LogP contribution is -2.18. The maximum absolute atomic E-state index is 11.6. The normalized spacial score (nSPS) is 14.7. The van der Waals surface area contributed by atoms with Crippen LogP contribution >= 0.6 is 10.7 Å². The first-order chi connectivity index (χ1) is 9.40. The Kier molecular flexibility index (Phi) is 5.83. The van der Waals surface area contributed by atoms with Gasteiger partial charge < -0.3 is 4.57 Å². The van der Waals surface area contributed by atoms with Crippen LogP contribution in [0.25, 0.3) is 0 Å². The second-order valence-corrected chi connectivity index (χ2v) is 9.87. The van der Waals surface area contributed by atoms with Gasteiger partial charge in [-0.1, -0.05) is 41.5 Å². The van der Waals surface area contributed by atoms with Gasteiger partial charge in [-0.15, -0.1) is 10.2 Å². The van der Waals surface area contributed by atoms with Gasteiger partial charge in [0, 0.05) is 23.6 Å². The second kappa shape index (κ2) is 6.65. The molecule has 0 N–H and O–H groups in total. The van der Waals surface area contributed by atoms with Gasteiger partial charge in [-0.3, -0.25) is 0 Å². The van der Waals surface area contributed by atoms with Crippen LogP contribution < -0.4 is 0 Å². The van der Waals surface area contributed by atoms with Crippen LogP contribution in [0.1, 0.15) is 53.8 Å². The predicted molar refractivity (Wildman–Crippen MR) is 84.8 cm³/mol. The zero-order valence-electron chi connectivity index (χ0n) is 13.7. The standard InChI is InChI=1S/C14H26ClN3O2S/c1-10(2)9-18-12(7-11(3)8-14(4,5)6)16-17-13(18)21(15,19)20/h10-11H,7-9H2,1-6H3. The Bertz CT molecular complexity index is 574. The summed E-state index contributed by atoms with van der Waals surface area (Å²) >= 11 is 0. The van der Waals surface area contributed by atoms with E-state index in [-0.39, 0.29) is 16.5 Å². The van der Waals surface area contributed by atoms with Crippen LogP contribution in [-0.2, 0) is 22.0 Å². The molecule has 0 fully saturated rings. The summed E-state index contributed by atoms with van der Waals surface area (Å²) in [5.41, 5.74) is 0.226. The van der Waals surface area contributed by atoms with Crippen molar-refractivity contribution >= 4 is 19.7 Å². The third kappa shape index (κ3) is 5.94. The van der Waals surface area contributed by atoms with Gasteiger partial charge >= 0.3 is 0 Å². The summed E-state index contributed by atoms with van der Waals surface area (Å²) in [6, 6.07) is 0. The number of aromatic nitrogens is 3. The summed E-state index contributed by atoms with van der Waals surface area (Å²) in [7, 11) is 1.58. The Labute approximate surface area is 132 Å². The monoisotopic (exact) mass is 335 g/mol. The van der Waals surface area contributed by atoms with Gasteiger partial charge in [-0.25, -0.2) is 8.42 Å². The van der Waals surface area contributed by atoms with Gasteiger partial charge in [-0.2, -0.15) is 0 Å². The lowest BCUT2D eigenvalue weighted by Gasteiger charge is -2.23. The van der Waals surface area contributed by atoms with E-state index in [1.807, 2.05) is 13.8 Å². The molecule has 1 atom stereocenters. The predicted octanol–water partition coefficient (Wildman–Crippen LogP) is 3.48. The van der Waals surface area contributed by atoms with E-state index in [1.54, 1.807) is 4.57 Å².